The van der Waals surface area contributed by atoms with Gasteiger partial charge in [-0.3, -0.25) is 0 Å². The molecule has 1 aliphatic rings. The van der Waals surface area contributed by atoms with Gasteiger partial charge in [-0.1, -0.05) is 11.3 Å². The lowest BCUT2D eigenvalue weighted by Gasteiger charge is -2.36. The number of methoxy groups -OCH3 is 1. The summed E-state index contributed by atoms with van der Waals surface area (Å²) in [4.78, 5) is 5.42. The first-order valence-electron chi connectivity index (χ1n) is 12.1. The molecular weight excluding hydrogens is 494 g/mol. The summed E-state index contributed by atoms with van der Waals surface area (Å²) in [6.45, 7) is -1.63. The fourth-order valence-electron chi connectivity index (χ4n) is 4.28. The van der Waals surface area contributed by atoms with Gasteiger partial charge in [0.2, 0.25) is 11.8 Å². The van der Waals surface area contributed by atoms with Gasteiger partial charge in [-0.05, 0) is 31.2 Å². The van der Waals surface area contributed by atoms with E-state index in [4.69, 9.17) is 8.85 Å². The van der Waals surface area contributed by atoms with E-state index in [9.17, 15) is 22.0 Å². The molecule has 3 aromatic heterocycles. The van der Waals surface area contributed by atoms with Crippen LogP contribution in [0.4, 0.5) is 32.3 Å². The van der Waals surface area contributed by atoms with Crippen LogP contribution in [0.3, 0.4) is 0 Å². The van der Waals surface area contributed by atoms with Gasteiger partial charge >= 0.3 is 6.18 Å². The second-order valence-electron chi connectivity index (χ2n) is 8.54. The van der Waals surface area contributed by atoms with E-state index in [-0.39, 0.29) is 34.1 Å². The molecule has 0 bridgehead atoms. The second kappa shape index (κ2) is 8.50. The fourth-order valence-corrected chi connectivity index (χ4v) is 4.28. The maximum Gasteiger partial charge on any atom is 0.408 e. The minimum Gasteiger partial charge on any atom is -0.479 e. The molecule has 1 saturated heterocycles. The summed E-state index contributed by atoms with van der Waals surface area (Å²) in [5, 5.41) is 13.7. The molecule has 4 heterocycles. The fraction of sp³-hybridized carbons (Fsp3) is 0.429. The Balaban J connectivity index is 1.62. The topological polar surface area (TPSA) is 85.4 Å². The summed E-state index contributed by atoms with van der Waals surface area (Å²) in [5.74, 6) is -5.20. The number of fused-ring (bicyclic) bond motifs is 2. The largest absolute Gasteiger partial charge is 0.479 e. The Bertz CT molecular complexity index is 1540. The average Bonchev–Trinajstić information content (AvgIpc) is 3.32. The first kappa shape index (κ1) is 20.6. The van der Waals surface area contributed by atoms with Crippen LogP contribution in [0.1, 0.15) is 10.5 Å². The van der Waals surface area contributed by atoms with Crippen molar-refractivity contribution in [2.75, 3.05) is 32.5 Å². The van der Waals surface area contributed by atoms with Gasteiger partial charge in [0.25, 0.3) is 5.92 Å². The smallest absolute Gasteiger partial charge is 0.408 e. The Morgan fingerprint density at radius 2 is 2.11 bits per heavy atom. The Hall–Kier alpha value is -3.62. The van der Waals surface area contributed by atoms with Crippen molar-refractivity contribution in [1.82, 2.24) is 34.5 Å². The molecule has 0 spiro atoms. The van der Waals surface area contributed by atoms with E-state index >= 15 is 4.39 Å². The molecule has 1 aliphatic heterocycles. The molecule has 0 aliphatic carbocycles. The first-order valence-corrected chi connectivity index (χ1v) is 10.6. The predicted molar refractivity (Wildman–Crippen MR) is 117 cm³/mol. The molecule has 9 nitrogen and oxygen atoms in total. The molecule has 192 valence electrons. The second-order valence-corrected chi connectivity index (χ2v) is 8.54. The molecule has 0 radical (unpaired) electrons. The van der Waals surface area contributed by atoms with Crippen molar-refractivity contribution in [1.29, 1.82) is 0 Å². The van der Waals surface area contributed by atoms with Crippen molar-refractivity contribution in [3.63, 3.8) is 0 Å². The van der Waals surface area contributed by atoms with E-state index in [1.54, 1.807) is 7.05 Å². The van der Waals surface area contributed by atoms with Gasteiger partial charge in [0, 0.05) is 6.54 Å². The number of alkyl halides is 5. The van der Waals surface area contributed by atoms with Gasteiger partial charge < -0.3 is 15.0 Å². The highest BCUT2D eigenvalue weighted by Crippen LogP contribution is 2.36. The number of piperidine rings is 1. The monoisotopic (exact) mass is 517 g/mol. The first-order chi connectivity index (χ1) is 18.1. The van der Waals surface area contributed by atoms with Crippen molar-refractivity contribution in [2.45, 2.75) is 31.1 Å². The van der Waals surface area contributed by atoms with Crippen LogP contribution in [-0.4, -0.2) is 79.8 Å². The third-order valence-electron chi connectivity index (χ3n) is 5.87. The quantitative estimate of drug-likeness (QED) is 0.405. The molecule has 0 saturated carbocycles. The summed E-state index contributed by atoms with van der Waals surface area (Å²) in [6.07, 6.45) is -3.73. The minimum atomic E-state index is -4.60. The summed E-state index contributed by atoms with van der Waals surface area (Å²) in [7, 11) is -1.52. The number of nitrogens with one attached hydrogen (secondary N) is 1. The van der Waals surface area contributed by atoms with Crippen molar-refractivity contribution in [2.24, 2.45) is 0 Å². The molecule has 1 unspecified atom stereocenters. The molecule has 4 aromatic rings. The van der Waals surface area contributed by atoms with Gasteiger partial charge in [0.1, 0.15) is 17.6 Å². The standard InChI is InChI=1S/C21H20F6N8O/c1-33-6-5-15(20(23,24)9-33)28-19-29-18(36-2)17-16(12(22)8-34(17)31-19)11-3-4-13-14(7-11)35(32-30-13)10-21(25,26)27/h3-4,7-8,15H,5-6,9-10H2,1-2H3,(H,28,31)/i2D3. The van der Waals surface area contributed by atoms with Crippen molar-refractivity contribution < 1.29 is 35.2 Å². The van der Waals surface area contributed by atoms with E-state index < -0.39 is 55.9 Å². The average molecular weight is 517 g/mol. The van der Waals surface area contributed by atoms with E-state index in [2.05, 4.69) is 25.7 Å². The molecule has 1 fully saturated rings. The summed E-state index contributed by atoms with van der Waals surface area (Å²) in [5.41, 5.74) is -0.501. The maximum absolute atomic E-state index is 15.3. The molecule has 1 aromatic carbocycles. The minimum absolute atomic E-state index is 0.0192. The zero-order valence-electron chi connectivity index (χ0n) is 21.5. The van der Waals surface area contributed by atoms with Gasteiger partial charge in [-0.25, -0.2) is 22.4 Å². The lowest BCUT2D eigenvalue weighted by atomic mass is 10.0. The van der Waals surface area contributed by atoms with Crippen molar-refractivity contribution in [3.8, 4) is 17.0 Å². The zero-order valence-corrected chi connectivity index (χ0v) is 18.5. The van der Waals surface area contributed by atoms with Crippen LogP contribution in [0.5, 0.6) is 5.88 Å². The van der Waals surface area contributed by atoms with E-state index in [1.165, 1.54) is 23.1 Å². The number of hydrogen-bond donors (Lipinski definition) is 1. The Morgan fingerprint density at radius 3 is 2.83 bits per heavy atom. The molecule has 1 atom stereocenters. The van der Waals surface area contributed by atoms with Gasteiger partial charge in [0.15, 0.2) is 5.82 Å². The van der Waals surface area contributed by atoms with Crippen LogP contribution >= 0.6 is 0 Å². The van der Waals surface area contributed by atoms with Crippen molar-refractivity contribution >= 4 is 22.5 Å². The summed E-state index contributed by atoms with van der Waals surface area (Å²) in [6, 6.07) is 2.47. The van der Waals surface area contributed by atoms with Gasteiger partial charge in [-0.15, -0.1) is 10.2 Å². The molecule has 5 rings (SSSR count). The Kier molecular flexibility index (Phi) is 4.85. The highest BCUT2D eigenvalue weighted by molar-refractivity contribution is 5.89. The number of hydrogen-bond acceptors (Lipinski definition) is 7. The number of nitrogens with zero attached hydrogens (tertiary/aromatic N) is 7. The Morgan fingerprint density at radius 1 is 1.31 bits per heavy atom. The third-order valence-corrected chi connectivity index (χ3v) is 5.87. The number of aromatic nitrogens is 6. The van der Waals surface area contributed by atoms with Crippen LogP contribution < -0.4 is 10.1 Å². The number of benzene rings is 1. The summed E-state index contributed by atoms with van der Waals surface area (Å²) < 4.78 is 112. The van der Waals surface area contributed by atoms with Crippen LogP contribution in [0.15, 0.2) is 24.4 Å². The normalized spacial score (nSPS) is 20.3. The van der Waals surface area contributed by atoms with Gasteiger partial charge in [0.05, 0.1) is 41.0 Å². The number of rotatable bonds is 5. The van der Waals surface area contributed by atoms with E-state index in [1.807, 2.05) is 0 Å². The van der Waals surface area contributed by atoms with E-state index in [0.29, 0.717) is 11.2 Å². The summed E-state index contributed by atoms with van der Waals surface area (Å²) >= 11 is 0. The number of anilines is 1. The highest BCUT2D eigenvalue weighted by atomic mass is 19.4. The number of halogens is 6. The van der Waals surface area contributed by atoms with Gasteiger partial charge in [-0.2, -0.15) is 18.2 Å². The lowest BCUT2D eigenvalue weighted by molar-refractivity contribution is -0.142. The van der Waals surface area contributed by atoms with E-state index in [0.717, 1.165) is 10.7 Å². The number of ether oxygens (including phenoxy) is 1. The molecule has 0 amide bonds. The molecular formula is C21H20F6N8O. The number of likely N-dealkylation sites (tertiary alicyclic amines) is 1. The molecule has 15 heteroatoms. The Labute approximate surface area is 203 Å². The molecule has 1 N–H and O–H groups in total. The maximum atomic E-state index is 15.3. The highest BCUT2D eigenvalue weighted by Gasteiger charge is 2.44. The third kappa shape index (κ3) is 4.38. The van der Waals surface area contributed by atoms with Crippen LogP contribution in [0.2, 0.25) is 0 Å². The van der Waals surface area contributed by atoms with Crippen LogP contribution in [0.25, 0.3) is 27.7 Å². The molecule has 36 heavy (non-hydrogen) atoms. The van der Waals surface area contributed by atoms with Crippen molar-refractivity contribution in [3.05, 3.63) is 30.2 Å². The zero-order chi connectivity index (χ0) is 28.3. The SMILES string of the molecule is [2H]C([2H])([2H])Oc1nc(NC2CCN(C)CC2(F)F)nn2cc(F)c(-c3ccc4nnn(CC(F)(F)F)c4c3)c12. The predicted octanol–water partition coefficient (Wildman–Crippen LogP) is 3.60. The van der Waals surface area contributed by atoms with Crippen LogP contribution in [-0.2, 0) is 6.54 Å². The lowest BCUT2D eigenvalue weighted by Crippen LogP contribution is -2.53. The van der Waals surface area contributed by atoms with Crippen LogP contribution in [0, 0.1) is 5.82 Å².